The molecule has 32 heavy (non-hydrogen) atoms. The van der Waals surface area contributed by atoms with Crippen LogP contribution < -0.4 is 9.47 Å². The van der Waals surface area contributed by atoms with Crippen LogP contribution in [0, 0.1) is 0 Å². The Morgan fingerprint density at radius 3 is 2.72 bits per heavy atom. The van der Waals surface area contributed by atoms with Crippen LogP contribution in [0.25, 0.3) is 16.7 Å². The molecule has 1 unspecified atom stereocenters. The van der Waals surface area contributed by atoms with Crippen molar-refractivity contribution in [3.63, 3.8) is 0 Å². The number of rotatable bonds is 5. The highest BCUT2D eigenvalue weighted by Gasteiger charge is 2.46. The number of aliphatic hydroxyl groups is 1. The first-order valence-corrected chi connectivity index (χ1v) is 10.8. The number of H-pyrrole nitrogens is 1. The maximum atomic E-state index is 13.1. The zero-order chi connectivity index (χ0) is 22.2. The SMILES string of the molecule is CCCCN1C(=O)C(=O)/C(=C(/O)c2ccc3c(c2)OCCO3)C1c1c[nH]c2ccccc12. The van der Waals surface area contributed by atoms with Gasteiger partial charge in [0.1, 0.15) is 19.0 Å². The van der Waals surface area contributed by atoms with Crippen LogP contribution in [-0.4, -0.2) is 46.4 Å². The summed E-state index contributed by atoms with van der Waals surface area (Å²) in [6.45, 7) is 3.34. The monoisotopic (exact) mass is 432 g/mol. The molecule has 2 aliphatic rings. The Bertz CT molecular complexity index is 1240. The number of amides is 1. The van der Waals surface area contributed by atoms with E-state index in [2.05, 4.69) is 4.98 Å². The number of aromatic amines is 1. The number of benzene rings is 2. The maximum absolute atomic E-state index is 13.1. The van der Waals surface area contributed by atoms with Crippen LogP contribution in [-0.2, 0) is 9.59 Å². The number of aromatic nitrogens is 1. The minimum absolute atomic E-state index is 0.0903. The normalized spacial score (nSPS) is 19.7. The lowest BCUT2D eigenvalue weighted by molar-refractivity contribution is -0.139. The van der Waals surface area contributed by atoms with Crippen molar-refractivity contribution in [1.29, 1.82) is 0 Å². The molecule has 3 heterocycles. The van der Waals surface area contributed by atoms with Crippen LogP contribution in [0.5, 0.6) is 11.5 Å². The van der Waals surface area contributed by atoms with Gasteiger partial charge in [0, 0.05) is 34.8 Å². The van der Waals surface area contributed by atoms with E-state index in [1.54, 1.807) is 23.1 Å². The van der Waals surface area contributed by atoms with E-state index < -0.39 is 17.7 Å². The van der Waals surface area contributed by atoms with Gasteiger partial charge >= 0.3 is 0 Å². The Labute approximate surface area is 185 Å². The van der Waals surface area contributed by atoms with Gasteiger partial charge in [-0.1, -0.05) is 31.5 Å². The van der Waals surface area contributed by atoms with Gasteiger partial charge in [0.25, 0.3) is 11.7 Å². The Kier molecular flexibility index (Phi) is 5.09. The number of carbonyl (C=O) groups is 2. The van der Waals surface area contributed by atoms with Crippen LogP contribution in [0.4, 0.5) is 0 Å². The molecule has 7 nitrogen and oxygen atoms in total. The third kappa shape index (κ3) is 3.21. The molecule has 2 aliphatic heterocycles. The number of nitrogens with one attached hydrogen (secondary N) is 1. The fraction of sp³-hybridized carbons (Fsp3) is 0.280. The van der Waals surface area contributed by atoms with Crippen molar-refractivity contribution in [3.8, 4) is 11.5 Å². The highest BCUT2D eigenvalue weighted by atomic mass is 16.6. The zero-order valence-electron chi connectivity index (χ0n) is 17.8. The molecule has 2 aromatic carbocycles. The number of Topliss-reactive ketones (excluding diaryl/α,β-unsaturated/α-hetero) is 1. The predicted octanol–water partition coefficient (Wildman–Crippen LogP) is 4.16. The molecule has 0 aliphatic carbocycles. The first-order valence-electron chi connectivity index (χ1n) is 10.8. The third-order valence-corrected chi connectivity index (χ3v) is 6.02. The average molecular weight is 432 g/mol. The third-order valence-electron chi connectivity index (χ3n) is 6.02. The molecule has 1 aromatic heterocycles. The van der Waals surface area contributed by atoms with Gasteiger partial charge in [0.05, 0.1) is 11.6 Å². The van der Waals surface area contributed by atoms with Crippen molar-refractivity contribution < 1.29 is 24.2 Å². The molecular weight excluding hydrogens is 408 g/mol. The number of aliphatic hydroxyl groups excluding tert-OH is 1. The number of unbranched alkanes of at least 4 members (excludes halogenated alkanes) is 1. The van der Waals surface area contributed by atoms with E-state index in [1.165, 1.54) is 0 Å². The number of carbonyl (C=O) groups excluding carboxylic acids is 2. The summed E-state index contributed by atoms with van der Waals surface area (Å²) in [5.74, 6) is -0.389. The van der Waals surface area contributed by atoms with Crippen LogP contribution >= 0.6 is 0 Å². The van der Waals surface area contributed by atoms with Crippen molar-refractivity contribution in [2.75, 3.05) is 19.8 Å². The minimum Gasteiger partial charge on any atom is -0.507 e. The molecule has 1 fully saturated rings. The molecule has 1 atom stereocenters. The smallest absolute Gasteiger partial charge is 0.295 e. The summed E-state index contributed by atoms with van der Waals surface area (Å²) in [7, 11) is 0. The van der Waals surface area contributed by atoms with Gasteiger partial charge in [-0.15, -0.1) is 0 Å². The molecule has 3 aromatic rings. The summed E-state index contributed by atoms with van der Waals surface area (Å²) in [5.41, 5.74) is 2.19. The average Bonchev–Trinajstić information content (AvgIpc) is 3.35. The van der Waals surface area contributed by atoms with Crippen molar-refractivity contribution in [2.24, 2.45) is 0 Å². The van der Waals surface area contributed by atoms with E-state index in [0.717, 1.165) is 29.3 Å². The van der Waals surface area contributed by atoms with E-state index in [-0.39, 0.29) is 11.3 Å². The molecule has 0 radical (unpaired) electrons. The molecule has 5 rings (SSSR count). The Hall–Kier alpha value is -3.74. The number of hydrogen-bond acceptors (Lipinski definition) is 5. The Balaban J connectivity index is 1.67. The van der Waals surface area contributed by atoms with Crippen LogP contribution in [0.15, 0.2) is 54.2 Å². The maximum Gasteiger partial charge on any atom is 0.295 e. The van der Waals surface area contributed by atoms with E-state index in [0.29, 0.717) is 36.8 Å². The lowest BCUT2D eigenvalue weighted by atomic mass is 9.94. The fourth-order valence-corrected chi connectivity index (χ4v) is 4.43. The highest BCUT2D eigenvalue weighted by molar-refractivity contribution is 6.46. The Morgan fingerprint density at radius 2 is 1.91 bits per heavy atom. The highest BCUT2D eigenvalue weighted by Crippen LogP contribution is 2.43. The number of nitrogens with zero attached hydrogens (tertiary/aromatic N) is 1. The standard InChI is InChI=1S/C25H24N2O5/c1-2-3-10-27-22(17-14-26-18-7-5-4-6-16(17)18)21(24(29)25(27)30)23(28)15-8-9-19-20(13-15)32-12-11-31-19/h4-9,13-14,22,26,28H,2-3,10-12H2,1H3/b23-21+. The van der Waals surface area contributed by atoms with Gasteiger partial charge in [0.2, 0.25) is 0 Å². The van der Waals surface area contributed by atoms with E-state index in [4.69, 9.17) is 9.47 Å². The van der Waals surface area contributed by atoms with Crippen molar-refractivity contribution >= 4 is 28.4 Å². The second-order valence-corrected chi connectivity index (χ2v) is 7.99. The van der Waals surface area contributed by atoms with E-state index in [1.807, 2.05) is 37.4 Å². The summed E-state index contributed by atoms with van der Waals surface area (Å²) >= 11 is 0. The summed E-state index contributed by atoms with van der Waals surface area (Å²) in [6.07, 6.45) is 3.46. The lowest BCUT2D eigenvalue weighted by Gasteiger charge is -2.25. The minimum atomic E-state index is -0.677. The summed E-state index contributed by atoms with van der Waals surface area (Å²) < 4.78 is 11.2. The van der Waals surface area contributed by atoms with Crippen LogP contribution in [0.1, 0.15) is 36.9 Å². The number of para-hydroxylation sites is 1. The number of fused-ring (bicyclic) bond motifs is 2. The van der Waals surface area contributed by atoms with Gasteiger partial charge in [-0.25, -0.2) is 0 Å². The van der Waals surface area contributed by atoms with Gasteiger partial charge < -0.3 is 24.5 Å². The molecule has 1 saturated heterocycles. The van der Waals surface area contributed by atoms with Crippen molar-refractivity contribution in [1.82, 2.24) is 9.88 Å². The van der Waals surface area contributed by atoms with Gasteiger partial charge in [-0.3, -0.25) is 9.59 Å². The largest absolute Gasteiger partial charge is 0.507 e. The first kappa shape index (κ1) is 20.2. The van der Waals surface area contributed by atoms with Gasteiger partial charge in [-0.05, 0) is 30.7 Å². The zero-order valence-corrected chi connectivity index (χ0v) is 17.8. The second kappa shape index (κ2) is 8.07. The molecule has 7 heteroatoms. The lowest BCUT2D eigenvalue weighted by Crippen LogP contribution is -2.30. The number of ether oxygens (including phenoxy) is 2. The molecule has 164 valence electrons. The van der Waals surface area contributed by atoms with Crippen LogP contribution in [0.3, 0.4) is 0 Å². The van der Waals surface area contributed by atoms with Crippen LogP contribution in [0.2, 0.25) is 0 Å². The molecule has 0 saturated carbocycles. The molecule has 2 N–H and O–H groups in total. The van der Waals surface area contributed by atoms with E-state index in [9.17, 15) is 14.7 Å². The van der Waals surface area contributed by atoms with E-state index >= 15 is 0 Å². The second-order valence-electron chi connectivity index (χ2n) is 7.99. The van der Waals surface area contributed by atoms with Crippen molar-refractivity contribution in [3.05, 3.63) is 65.4 Å². The number of ketones is 1. The number of likely N-dealkylation sites (tertiary alicyclic amines) is 1. The van der Waals surface area contributed by atoms with Gasteiger partial charge in [0.15, 0.2) is 11.5 Å². The van der Waals surface area contributed by atoms with Crippen molar-refractivity contribution in [2.45, 2.75) is 25.8 Å². The molecule has 0 bridgehead atoms. The molecular formula is C25H24N2O5. The quantitative estimate of drug-likeness (QED) is 0.359. The predicted molar refractivity (Wildman–Crippen MR) is 120 cm³/mol. The molecule has 0 spiro atoms. The first-order chi connectivity index (χ1) is 15.6. The molecule has 1 amide bonds. The summed E-state index contributed by atoms with van der Waals surface area (Å²) in [5, 5.41) is 12.2. The number of hydrogen-bond donors (Lipinski definition) is 2. The van der Waals surface area contributed by atoms with Gasteiger partial charge in [-0.2, -0.15) is 0 Å². The fourth-order valence-electron chi connectivity index (χ4n) is 4.43. The Morgan fingerprint density at radius 1 is 1.12 bits per heavy atom. The summed E-state index contributed by atoms with van der Waals surface area (Å²) in [4.78, 5) is 31.0. The summed E-state index contributed by atoms with van der Waals surface area (Å²) in [6, 6.07) is 12.1. The topological polar surface area (TPSA) is 91.9 Å².